The maximum absolute atomic E-state index is 12.4. The van der Waals surface area contributed by atoms with Crippen LogP contribution in [-0.4, -0.2) is 30.9 Å². The molecule has 4 rings (SSSR count). The fraction of sp³-hybridized carbons (Fsp3) is 0.227. The van der Waals surface area contributed by atoms with Crippen molar-refractivity contribution in [2.24, 2.45) is 0 Å². The first kappa shape index (κ1) is 27.2. The molecule has 0 spiro atoms. The minimum Gasteiger partial charge on any atom is -0.457 e. The van der Waals surface area contributed by atoms with Gasteiger partial charge in [0.05, 0.1) is 16.8 Å². The number of ether oxygens (including phenoxy) is 2. The molecule has 0 unspecified atom stereocenters. The highest BCUT2D eigenvalue weighted by molar-refractivity contribution is 6.01. The molecule has 2 heterocycles. The van der Waals surface area contributed by atoms with Crippen LogP contribution in [-0.2, 0) is 36.2 Å². The lowest BCUT2D eigenvalue weighted by Gasteiger charge is -2.10. The Kier molecular flexibility index (Phi) is 8.87. The smallest absolute Gasteiger partial charge is 0.416 e. The molecule has 35 heavy (non-hydrogen) atoms. The molecule has 0 bridgehead atoms. The standard InChI is InChI=1S/C11H8F3NO2.C7H6F3N.C4H4O3/c12-11(13,14)7-2-1-3-8(4-7)15-9-5-10(16)17-6-9;8-7(9,10)5-2-1-3-6(11)4-5;5-3-1-4(6)7-2-3/h1-5,15H,6H2;1-4H,11H2;1-2H2. The molecule has 7 nitrogen and oxygen atoms in total. The molecule has 2 aliphatic heterocycles. The summed E-state index contributed by atoms with van der Waals surface area (Å²) >= 11 is 0. The Balaban J connectivity index is 0.000000205. The van der Waals surface area contributed by atoms with Crippen molar-refractivity contribution < 1.29 is 50.2 Å². The highest BCUT2D eigenvalue weighted by Crippen LogP contribution is 2.31. The number of esters is 2. The second kappa shape index (κ2) is 11.4. The van der Waals surface area contributed by atoms with Crippen LogP contribution in [0.25, 0.3) is 0 Å². The zero-order valence-electron chi connectivity index (χ0n) is 17.7. The molecule has 0 radical (unpaired) electrons. The van der Waals surface area contributed by atoms with E-state index in [-0.39, 0.29) is 36.8 Å². The summed E-state index contributed by atoms with van der Waals surface area (Å²) in [5.74, 6) is -1.02. The number of hydrogen-bond acceptors (Lipinski definition) is 7. The Morgan fingerprint density at radius 2 is 1.40 bits per heavy atom. The SMILES string of the molecule is Nc1cccc(C(F)(F)F)c1.O=C1C=C(Nc2cccc(C(F)(F)F)c2)CO1.O=C1COC(=O)C1. The quantitative estimate of drug-likeness (QED) is 0.271. The van der Waals surface area contributed by atoms with Gasteiger partial charge < -0.3 is 20.5 Å². The van der Waals surface area contributed by atoms with Crippen molar-refractivity contribution >= 4 is 29.1 Å². The molecular formula is C22H18F6N2O5. The lowest BCUT2D eigenvalue weighted by atomic mass is 10.2. The van der Waals surface area contributed by atoms with Crippen molar-refractivity contribution in [2.45, 2.75) is 18.8 Å². The van der Waals surface area contributed by atoms with Gasteiger partial charge in [-0.25, -0.2) is 4.79 Å². The van der Waals surface area contributed by atoms with E-state index < -0.39 is 35.4 Å². The fourth-order valence-corrected chi connectivity index (χ4v) is 2.54. The second-order valence-electron chi connectivity index (χ2n) is 6.98. The number of halogens is 6. The van der Waals surface area contributed by atoms with Crippen LogP contribution < -0.4 is 11.1 Å². The normalized spacial score (nSPS) is 15.1. The molecular weight excluding hydrogens is 486 g/mol. The first-order valence-corrected chi connectivity index (χ1v) is 9.65. The van der Waals surface area contributed by atoms with Crippen LogP contribution >= 0.6 is 0 Å². The molecule has 0 aliphatic carbocycles. The molecule has 0 atom stereocenters. The van der Waals surface area contributed by atoms with Crippen LogP contribution in [0.3, 0.4) is 0 Å². The van der Waals surface area contributed by atoms with E-state index in [4.69, 9.17) is 5.73 Å². The van der Waals surface area contributed by atoms with Gasteiger partial charge in [0.1, 0.15) is 13.0 Å². The maximum Gasteiger partial charge on any atom is 0.416 e. The first-order chi connectivity index (χ1) is 16.2. The minimum atomic E-state index is -4.38. The van der Waals surface area contributed by atoms with E-state index in [1.807, 2.05) is 0 Å². The second-order valence-corrected chi connectivity index (χ2v) is 6.98. The number of carbonyl (C=O) groups is 3. The summed E-state index contributed by atoms with van der Waals surface area (Å²) in [6, 6.07) is 9.31. The zero-order valence-corrected chi connectivity index (χ0v) is 17.7. The number of cyclic esters (lactones) is 2. The van der Waals surface area contributed by atoms with E-state index in [0.717, 1.165) is 24.3 Å². The third-order valence-corrected chi connectivity index (χ3v) is 4.11. The predicted octanol–water partition coefficient (Wildman–Crippen LogP) is 4.35. The largest absolute Gasteiger partial charge is 0.457 e. The van der Waals surface area contributed by atoms with Gasteiger partial charge >= 0.3 is 24.3 Å². The molecule has 188 valence electrons. The third-order valence-electron chi connectivity index (χ3n) is 4.11. The summed E-state index contributed by atoms with van der Waals surface area (Å²) in [5, 5.41) is 2.70. The molecule has 2 aliphatic rings. The average Bonchev–Trinajstić information content (AvgIpc) is 3.34. The maximum atomic E-state index is 12.4. The molecule has 0 amide bonds. The number of carbonyl (C=O) groups excluding carboxylic acids is 3. The molecule has 1 fully saturated rings. The Morgan fingerprint density at radius 1 is 0.800 bits per heavy atom. The van der Waals surface area contributed by atoms with Crippen LogP contribution in [0.5, 0.6) is 0 Å². The Bertz CT molecular complexity index is 1100. The van der Waals surface area contributed by atoms with Gasteiger partial charge in [0.2, 0.25) is 0 Å². The van der Waals surface area contributed by atoms with Crippen molar-refractivity contribution in [1.29, 1.82) is 0 Å². The summed E-state index contributed by atoms with van der Waals surface area (Å²) in [7, 11) is 0. The predicted molar refractivity (Wildman–Crippen MR) is 111 cm³/mol. The molecule has 2 aromatic carbocycles. The van der Waals surface area contributed by atoms with E-state index in [1.165, 1.54) is 30.3 Å². The van der Waals surface area contributed by atoms with Gasteiger partial charge in [0.15, 0.2) is 12.4 Å². The van der Waals surface area contributed by atoms with Gasteiger partial charge in [-0.15, -0.1) is 0 Å². The Morgan fingerprint density at radius 3 is 1.80 bits per heavy atom. The number of ketones is 1. The van der Waals surface area contributed by atoms with Crippen molar-refractivity contribution in [3.63, 3.8) is 0 Å². The number of hydrogen-bond donors (Lipinski definition) is 2. The third kappa shape index (κ3) is 9.39. The number of alkyl halides is 6. The van der Waals surface area contributed by atoms with E-state index >= 15 is 0 Å². The molecule has 1 saturated heterocycles. The zero-order chi connectivity index (χ0) is 26.2. The topological polar surface area (TPSA) is 108 Å². The van der Waals surface area contributed by atoms with Crippen LogP contribution in [0.15, 0.2) is 60.3 Å². The van der Waals surface area contributed by atoms with E-state index in [9.17, 15) is 40.7 Å². The number of nitrogens with two attached hydrogens (primary N) is 1. The summed E-state index contributed by atoms with van der Waals surface area (Å²) in [6.07, 6.45) is -7.50. The van der Waals surface area contributed by atoms with Gasteiger partial charge in [-0.3, -0.25) is 9.59 Å². The van der Waals surface area contributed by atoms with Gasteiger partial charge in [0.25, 0.3) is 0 Å². The Labute approximate surface area is 194 Å². The lowest BCUT2D eigenvalue weighted by Crippen LogP contribution is -2.06. The lowest BCUT2D eigenvalue weighted by molar-refractivity contribution is -0.138. The van der Waals surface area contributed by atoms with E-state index in [1.54, 1.807) is 0 Å². The van der Waals surface area contributed by atoms with Crippen molar-refractivity contribution in [2.75, 3.05) is 24.3 Å². The minimum absolute atomic E-state index is 0.0150. The van der Waals surface area contributed by atoms with Crippen LogP contribution in [0.2, 0.25) is 0 Å². The molecule has 2 aromatic rings. The van der Waals surface area contributed by atoms with Gasteiger partial charge in [-0.1, -0.05) is 12.1 Å². The molecule has 3 N–H and O–H groups in total. The van der Waals surface area contributed by atoms with Gasteiger partial charge in [-0.2, -0.15) is 26.3 Å². The van der Waals surface area contributed by atoms with Crippen molar-refractivity contribution in [1.82, 2.24) is 0 Å². The first-order valence-electron chi connectivity index (χ1n) is 9.65. The summed E-state index contributed by atoms with van der Waals surface area (Å²) in [5.41, 5.74) is 4.53. The number of nitrogen functional groups attached to an aromatic ring is 1. The van der Waals surface area contributed by atoms with Crippen molar-refractivity contribution in [3.05, 3.63) is 71.4 Å². The molecule has 13 heteroatoms. The van der Waals surface area contributed by atoms with Gasteiger partial charge in [0, 0.05) is 17.5 Å². The number of nitrogens with one attached hydrogen (secondary N) is 1. The molecule has 0 saturated carbocycles. The van der Waals surface area contributed by atoms with Crippen LogP contribution in [0.4, 0.5) is 37.7 Å². The van der Waals surface area contributed by atoms with Crippen molar-refractivity contribution in [3.8, 4) is 0 Å². The average molecular weight is 504 g/mol. The Hall–Kier alpha value is -4.03. The number of rotatable bonds is 2. The fourth-order valence-electron chi connectivity index (χ4n) is 2.54. The van der Waals surface area contributed by atoms with Gasteiger partial charge in [-0.05, 0) is 36.4 Å². The summed E-state index contributed by atoms with van der Waals surface area (Å²) < 4.78 is 81.9. The summed E-state index contributed by atoms with van der Waals surface area (Å²) in [6.45, 7) is 0.0356. The number of benzene rings is 2. The number of anilines is 2. The monoisotopic (exact) mass is 504 g/mol. The van der Waals surface area contributed by atoms with Crippen LogP contribution in [0, 0.1) is 0 Å². The highest BCUT2D eigenvalue weighted by atomic mass is 19.4. The van der Waals surface area contributed by atoms with E-state index in [0.29, 0.717) is 5.70 Å². The molecule has 0 aromatic heterocycles. The van der Waals surface area contributed by atoms with E-state index in [2.05, 4.69) is 14.8 Å². The number of Topliss-reactive ketones (excluding diaryl/α,β-unsaturated/α-hetero) is 1. The van der Waals surface area contributed by atoms with Crippen LogP contribution in [0.1, 0.15) is 17.5 Å². The summed E-state index contributed by atoms with van der Waals surface area (Å²) in [4.78, 5) is 30.9. The highest BCUT2D eigenvalue weighted by Gasteiger charge is 2.31.